The molecule has 4 heteroatoms. The molecule has 0 saturated carbocycles. The predicted molar refractivity (Wildman–Crippen MR) is 94.4 cm³/mol. The molecule has 112 valence electrons. The van der Waals surface area contributed by atoms with Crippen LogP contribution in [0.2, 0.25) is 0 Å². The van der Waals surface area contributed by atoms with Gasteiger partial charge in [0.2, 0.25) is 0 Å². The van der Waals surface area contributed by atoms with Crippen molar-refractivity contribution in [2.24, 2.45) is 0 Å². The molecule has 0 amide bonds. The Hall–Kier alpha value is -0.970. The lowest BCUT2D eigenvalue weighted by Crippen LogP contribution is -2.30. The Bertz CT molecular complexity index is 576. The molecular formula is C17H20BrNOS. The molecule has 2 aromatic rings. The third-order valence-electron chi connectivity index (χ3n) is 3.34. The minimum atomic E-state index is 0.401. The summed E-state index contributed by atoms with van der Waals surface area (Å²) in [6.07, 6.45) is 0.956. The fourth-order valence-corrected chi connectivity index (χ4v) is 3.81. The van der Waals surface area contributed by atoms with Crippen molar-refractivity contribution in [2.45, 2.75) is 17.4 Å². The molecule has 0 saturated heterocycles. The van der Waals surface area contributed by atoms with Crippen LogP contribution in [0.25, 0.3) is 0 Å². The second-order valence-corrected chi connectivity index (χ2v) is 6.66. The molecular weight excluding hydrogens is 346 g/mol. The van der Waals surface area contributed by atoms with E-state index in [9.17, 15) is 0 Å². The summed E-state index contributed by atoms with van der Waals surface area (Å²) < 4.78 is 6.59. The fourth-order valence-electron chi connectivity index (χ4n) is 2.13. The van der Waals surface area contributed by atoms with E-state index in [1.807, 2.05) is 37.0 Å². The SMILES string of the molecule is CNC(CSc1ccccc1Br)Cc1ccccc1OC. The van der Waals surface area contributed by atoms with Gasteiger partial charge in [-0.25, -0.2) is 0 Å². The Morgan fingerprint density at radius 3 is 2.57 bits per heavy atom. The van der Waals surface area contributed by atoms with E-state index in [1.54, 1.807) is 7.11 Å². The molecule has 21 heavy (non-hydrogen) atoms. The van der Waals surface area contributed by atoms with Gasteiger partial charge in [0.25, 0.3) is 0 Å². The molecule has 2 aromatic carbocycles. The highest BCUT2D eigenvalue weighted by Gasteiger charge is 2.12. The molecule has 0 aromatic heterocycles. The predicted octanol–water partition coefficient (Wildman–Crippen LogP) is 4.38. The molecule has 0 fully saturated rings. The van der Waals surface area contributed by atoms with Gasteiger partial charge in [-0.1, -0.05) is 30.3 Å². The number of ether oxygens (including phenoxy) is 1. The zero-order chi connectivity index (χ0) is 15.1. The maximum absolute atomic E-state index is 5.43. The molecule has 0 aliphatic heterocycles. The number of hydrogen-bond acceptors (Lipinski definition) is 3. The Morgan fingerprint density at radius 1 is 1.14 bits per heavy atom. The number of benzene rings is 2. The Balaban J connectivity index is 1.99. The van der Waals surface area contributed by atoms with Gasteiger partial charge in [-0.15, -0.1) is 11.8 Å². The van der Waals surface area contributed by atoms with E-state index in [2.05, 4.69) is 51.6 Å². The minimum absolute atomic E-state index is 0.401. The molecule has 1 N–H and O–H groups in total. The number of thioether (sulfide) groups is 1. The van der Waals surface area contributed by atoms with Crippen molar-refractivity contribution in [2.75, 3.05) is 19.9 Å². The van der Waals surface area contributed by atoms with Crippen LogP contribution in [-0.4, -0.2) is 26.0 Å². The van der Waals surface area contributed by atoms with Crippen LogP contribution in [0.1, 0.15) is 5.56 Å². The van der Waals surface area contributed by atoms with Gasteiger partial charge in [0.05, 0.1) is 7.11 Å². The highest BCUT2D eigenvalue weighted by atomic mass is 79.9. The van der Waals surface area contributed by atoms with Crippen molar-refractivity contribution in [3.8, 4) is 5.75 Å². The third kappa shape index (κ3) is 4.77. The number of nitrogens with one attached hydrogen (secondary N) is 1. The molecule has 0 aliphatic carbocycles. The maximum atomic E-state index is 5.43. The molecule has 0 bridgehead atoms. The highest BCUT2D eigenvalue weighted by Crippen LogP contribution is 2.28. The molecule has 1 unspecified atom stereocenters. The van der Waals surface area contributed by atoms with E-state index in [0.29, 0.717) is 6.04 Å². The maximum Gasteiger partial charge on any atom is 0.122 e. The van der Waals surface area contributed by atoms with Gasteiger partial charge in [0, 0.05) is 21.2 Å². The van der Waals surface area contributed by atoms with E-state index in [4.69, 9.17) is 4.74 Å². The van der Waals surface area contributed by atoms with E-state index < -0.39 is 0 Å². The largest absolute Gasteiger partial charge is 0.496 e. The third-order valence-corrected chi connectivity index (χ3v) is 5.53. The number of likely N-dealkylation sites (N-methyl/N-ethyl adjacent to an activating group) is 1. The number of para-hydroxylation sites is 1. The van der Waals surface area contributed by atoms with Crippen LogP contribution >= 0.6 is 27.7 Å². The first-order valence-electron chi connectivity index (χ1n) is 6.91. The van der Waals surface area contributed by atoms with Gasteiger partial charge in [-0.05, 0) is 53.2 Å². The quantitative estimate of drug-likeness (QED) is 0.735. The lowest BCUT2D eigenvalue weighted by molar-refractivity contribution is 0.407. The zero-order valence-electron chi connectivity index (χ0n) is 12.3. The Kier molecular flexibility index (Phi) is 6.61. The van der Waals surface area contributed by atoms with Crippen molar-refractivity contribution in [3.05, 3.63) is 58.6 Å². The average Bonchev–Trinajstić information content (AvgIpc) is 2.53. The molecule has 0 spiro atoms. The molecule has 2 rings (SSSR count). The summed E-state index contributed by atoms with van der Waals surface area (Å²) in [5, 5.41) is 3.40. The van der Waals surface area contributed by atoms with E-state index >= 15 is 0 Å². The minimum Gasteiger partial charge on any atom is -0.496 e. The van der Waals surface area contributed by atoms with Crippen LogP contribution in [0.15, 0.2) is 57.9 Å². The van der Waals surface area contributed by atoms with E-state index in [1.165, 1.54) is 10.5 Å². The first-order valence-corrected chi connectivity index (χ1v) is 8.69. The number of halogens is 1. The first kappa shape index (κ1) is 16.4. The first-order chi connectivity index (χ1) is 10.2. The molecule has 0 heterocycles. The summed E-state index contributed by atoms with van der Waals surface area (Å²) >= 11 is 5.46. The smallest absolute Gasteiger partial charge is 0.122 e. The number of hydrogen-bond donors (Lipinski definition) is 1. The van der Waals surface area contributed by atoms with Crippen molar-refractivity contribution in [1.29, 1.82) is 0 Å². The fraction of sp³-hybridized carbons (Fsp3) is 0.294. The van der Waals surface area contributed by atoms with Crippen LogP contribution in [0, 0.1) is 0 Å². The molecule has 0 aliphatic rings. The normalized spacial score (nSPS) is 12.1. The summed E-state index contributed by atoms with van der Waals surface area (Å²) in [6, 6.07) is 17.0. The second-order valence-electron chi connectivity index (χ2n) is 4.74. The van der Waals surface area contributed by atoms with Crippen LogP contribution < -0.4 is 10.1 Å². The molecule has 0 radical (unpaired) electrons. The molecule has 2 nitrogen and oxygen atoms in total. The van der Waals surface area contributed by atoms with Crippen molar-refractivity contribution >= 4 is 27.7 Å². The molecule has 1 atom stereocenters. The van der Waals surface area contributed by atoms with E-state index in [-0.39, 0.29) is 0 Å². The van der Waals surface area contributed by atoms with Crippen LogP contribution in [0.5, 0.6) is 5.75 Å². The zero-order valence-corrected chi connectivity index (χ0v) is 14.7. The highest BCUT2D eigenvalue weighted by molar-refractivity contribution is 9.10. The van der Waals surface area contributed by atoms with Crippen molar-refractivity contribution < 1.29 is 4.74 Å². The van der Waals surface area contributed by atoms with Crippen molar-refractivity contribution in [1.82, 2.24) is 5.32 Å². The summed E-state index contributed by atoms with van der Waals surface area (Å²) in [4.78, 5) is 1.28. The summed E-state index contributed by atoms with van der Waals surface area (Å²) in [5.74, 6) is 1.97. The topological polar surface area (TPSA) is 21.3 Å². The van der Waals surface area contributed by atoms with Gasteiger partial charge in [0.15, 0.2) is 0 Å². The standard InChI is InChI=1S/C17H20BrNOS/c1-19-14(11-13-7-3-5-9-16(13)20-2)12-21-17-10-6-4-8-15(17)18/h3-10,14,19H,11-12H2,1-2H3. The Morgan fingerprint density at radius 2 is 1.86 bits per heavy atom. The number of rotatable bonds is 7. The average molecular weight is 366 g/mol. The summed E-state index contributed by atoms with van der Waals surface area (Å²) in [7, 11) is 3.74. The van der Waals surface area contributed by atoms with Gasteiger partial charge in [-0.3, -0.25) is 0 Å². The lowest BCUT2D eigenvalue weighted by atomic mass is 10.1. The summed E-state index contributed by atoms with van der Waals surface area (Å²) in [6.45, 7) is 0. The van der Waals surface area contributed by atoms with Gasteiger partial charge >= 0.3 is 0 Å². The van der Waals surface area contributed by atoms with Gasteiger partial charge < -0.3 is 10.1 Å². The summed E-state index contributed by atoms with van der Waals surface area (Å²) in [5.41, 5.74) is 1.24. The van der Waals surface area contributed by atoms with Crippen molar-refractivity contribution in [3.63, 3.8) is 0 Å². The van der Waals surface area contributed by atoms with Crippen LogP contribution in [0.4, 0.5) is 0 Å². The second kappa shape index (κ2) is 8.47. The monoisotopic (exact) mass is 365 g/mol. The van der Waals surface area contributed by atoms with Gasteiger partial charge in [-0.2, -0.15) is 0 Å². The van der Waals surface area contributed by atoms with E-state index in [0.717, 1.165) is 22.4 Å². The Labute approximate surface area is 139 Å². The van der Waals surface area contributed by atoms with Crippen LogP contribution in [-0.2, 0) is 6.42 Å². The van der Waals surface area contributed by atoms with Crippen LogP contribution in [0.3, 0.4) is 0 Å². The number of methoxy groups -OCH3 is 1. The van der Waals surface area contributed by atoms with Gasteiger partial charge in [0.1, 0.15) is 5.75 Å². The lowest BCUT2D eigenvalue weighted by Gasteiger charge is -2.18.